The predicted molar refractivity (Wildman–Crippen MR) is 353 cm³/mol. The number of allylic oxidation sites excluding steroid dienone is 4. The van der Waals surface area contributed by atoms with Gasteiger partial charge in [-0.1, -0.05) is 373 Å². The summed E-state index contributed by atoms with van der Waals surface area (Å²) in [7, 11) is 0. The molecule has 0 rings (SSSR count). The van der Waals surface area contributed by atoms with Crippen LogP contribution in [0.15, 0.2) is 24.3 Å². The molecule has 0 saturated carbocycles. The summed E-state index contributed by atoms with van der Waals surface area (Å²) >= 11 is 0. The Bertz CT molecular complexity index is 1310. The van der Waals surface area contributed by atoms with Crippen LogP contribution in [0, 0.1) is 0 Å². The molecule has 6 heteroatoms. The maximum atomic E-state index is 12.9. The second-order valence-electron chi connectivity index (χ2n) is 25.2. The number of ether oxygens (including phenoxy) is 3. The zero-order valence-corrected chi connectivity index (χ0v) is 55.1. The number of hydrogen-bond donors (Lipinski definition) is 0. The monoisotopic (exact) mass is 1140 g/mol. The molecule has 0 aromatic rings. The first-order valence-electron chi connectivity index (χ1n) is 36.8. The van der Waals surface area contributed by atoms with Gasteiger partial charge in [-0.25, -0.2) is 0 Å². The molecule has 0 bridgehead atoms. The standard InChI is InChI=1S/C75H142O6/c1-4-7-10-13-16-19-21-23-25-27-29-31-33-34-35-36-37-38-39-40-42-43-45-47-49-51-53-56-59-62-65-68-74(77)80-71-72(70-79-73(76)67-64-61-58-55-18-15-12-9-6-3)81-75(78)69-66-63-60-57-54-52-50-48-46-44-41-32-30-28-26-24-22-20-17-14-11-8-5-2/h21,23,27,29,72H,4-20,22,24-26,28,30-71H2,1-3H3/b23-21-,29-27-. The lowest BCUT2D eigenvalue weighted by Gasteiger charge is -2.18. The fraction of sp³-hybridized carbons (Fsp3) is 0.907. The highest BCUT2D eigenvalue weighted by molar-refractivity contribution is 5.71. The summed E-state index contributed by atoms with van der Waals surface area (Å²) in [6.07, 6.45) is 86.7. The van der Waals surface area contributed by atoms with E-state index in [1.807, 2.05) is 0 Å². The molecular formula is C75H142O6. The molecule has 0 radical (unpaired) electrons. The van der Waals surface area contributed by atoms with Gasteiger partial charge in [0.15, 0.2) is 6.10 Å². The van der Waals surface area contributed by atoms with Crippen molar-refractivity contribution >= 4 is 17.9 Å². The first-order chi connectivity index (χ1) is 40.0. The molecule has 6 nitrogen and oxygen atoms in total. The van der Waals surface area contributed by atoms with Crippen molar-refractivity contribution in [2.75, 3.05) is 13.2 Å². The van der Waals surface area contributed by atoms with E-state index < -0.39 is 6.10 Å². The van der Waals surface area contributed by atoms with Crippen LogP contribution < -0.4 is 0 Å². The van der Waals surface area contributed by atoms with Gasteiger partial charge in [0.1, 0.15) is 13.2 Å². The first kappa shape index (κ1) is 78.9. The summed E-state index contributed by atoms with van der Waals surface area (Å²) in [5, 5.41) is 0. The summed E-state index contributed by atoms with van der Waals surface area (Å²) in [5.41, 5.74) is 0. The van der Waals surface area contributed by atoms with Crippen LogP contribution in [-0.4, -0.2) is 37.2 Å². The van der Waals surface area contributed by atoms with Gasteiger partial charge in [0.25, 0.3) is 0 Å². The third kappa shape index (κ3) is 68.6. The van der Waals surface area contributed by atoms with Crippen LogP contribution >= 0.6 is 0 Å². The van der Waals surface area contributed by atoms with Crippen molar-refractivity contribution < 1.29 is 28.6 Å². The van der Waals surface area contributed by atoms with Crippen LogP contribution in [0.5, 0.6) is 0 Å². The second kappa shape index (κ2) is 70.4. The van der Waals surface area contributed by atoms with Crippen molar-refractivity contribution in [1.82, 2.24) is 0 Å². The maximum Gasteiger partial charge on any atom is 0.306 e. The highest BCUT2D eigenvalue weighted by atomic mass is 16.6. The number of rotatable bonds is 69. The number of esters is 3. The normalized spacial score (nSPS) is 12.1. The average molecular weight is 1140 g/mol. The van der Waals surface area contributed by atoms with E-state index >= 15 is 0 Å². The molecule has 0 aromatic carbocycles. The molecule has 0 aliphatic heterocycles. The fourth-order valence-corrected chi connectivity index (χ4v) is 11.4. The summed E-state index contributed by atoms with van der Waals surface area (Å²) in [6.45, 7) is 6.69. The lowest BCUT2D eigenvalue weighted by Crippen LogP contribution is -2.30. The van der Waals surface area contributed by atoms with Gasteiger partial charge >= 0.3 is 17.9 Å². The molecule has 0 spiro atoms. The molecule has 0 heterocycles. The van der Waals surface area contributed by atoms with Gasteiger partial charge in [0, 0.05) is 19.3 Å². The number of unbranched alkanes of at least 4 members (excludes halogenated alkanes) is 54. The third-order valence-corrected chi connectivity index (χ3v) is 17.0. The molecule has 0 amide bonds. The Labute approximate surface area is 506 Å². The molecule has 1 unspecified atom stereocenters. The Morgan fingerprint density at radius 3 is 0.679 bits per heavy atom. The van der Waals surface area contributed by atoms with Gasteiger partial charge < -0.3 is 14.2 Å². The fourth-order valence-electron chi connectivity index (χ4n) is 11.4. The van der Waals surface area contributed by atoms with E-state index in [1.54, 1.807) is 0 Å². The van der Waals surface area contributed by atoms with E-state index in [1.165, 1.54) is 315 Å². The topological polar surface area (TPSA) is 78.9 Å². The van der Waals surface area contributed by atoms with E-state index in [4.69, 9.17) is 14.2 Å². The van der Waals surface area contributed by atoms with Crippen molar-refractivity contribution in [2.24, 2.45) is 0 Å². The van der Waals surface area contributed by atoms with E-state index in [9.17, 15) is 14.4 Å². The minimum atomic E-state index is -0.765. The number of hydrogen-bond acceptors (Lipinski definition) is 6. The van der Waals surface area contributed by atoms with Crippen molar-refractivity contribution in [3.8, 4) is 0 Å². The molecule has 0 fully saturated rings. The minimum absolute atomic E-state index is 0.0634. The zero-order valence-electron chi connectivity index (χ0n) is 55.1. The van der Waals surface area contributed by atoms with Gasteiger partial charge in [-0.05, 0) is 51.4 Å². The lowest BCUT2D eigenvalue weighted by molar-refractivity contribution is -0.167. The lowest BCUT2D eigenvalue weighted by atomic mass is 10.0. The van der Waals surface area contributed by atoms with Crippen LogP contribution in [-0.2, 0) is 28.6 Å². The summed E-state index contributed by atoms with van der Waals surface area (Å²) in [4.78, 5) is 38.3. The molecular weight excluding hydrogens is 997 g/mol. The SMILES string of the molecule is CCCCCCC/C=C\C/C=C\CCCCCCCCCCCCCCCCCCCCCC(=O)OCC(COC(=O)CCCCCCCCCCC)OC(=O)CCCCCCCCCCCCCCCCCCCCCCCCC. The van der Waals surface area contributed by atoms with Gasteiger partial charge in [0.2, 0.25) is 0 Å². The zero-order chi connectivity index (χ0) is 58.5. The van der Waals surface area contributed by atoms with Gasteiger partial charge in [0.05, 0.1) is 0 Å². The van der Waals surface area contributed by atoms with Gasteiger partial charge in [-0.3, -0.25) is 14.4 Å². The van der Waals surface area contributed by atoms with Crippen molar-refractivity contribution in [1.29, 1.82) is 0 Å². The molecule has 1 atom stereocenters. The molecule has 0 aliphatic rings. The number of carbonyl (C=O) groups excluding carboxylic acids is 3. The molecule has 0 saturated heterocycles. The first-order valence-corrected chi connectivity index (χ1v) is 36.8. The van der Waals surface area contributed by atoms with E-state index in [2.05, 4.69) is 45.1 Å². The third-order valence-electron chi connectivity index (χ3n) is 17.0. The van der Waals surface area contributed by atoms with E-state index in [0.29, 0.717) is 19.3 Å². The van der Waals surface area contributed by atoms with Crippen molar-refractivity contribution in [3.05, 3.63) is 24.3 Å². The van der Waals surface area contributed by atoms with E-state index in [0.717, 1.165) is 64.2 Å². The molecule has 478 valence electrons. The quantitative estimate of drug-likeness (QED) is 0.0261. The Kier molecular flexibility index (Phi) is 68.5. The molecule has 0 aromatic heterocycles. The summed E-state index contributed by atoms with van der Waals surface area (Å²) in [6, 6.07) is 0. The molecule has 81 heavy (non-hydrogen) atoms. The van der Waals surface area contributed by atoms with Gasteiger partial charge in [-0.2, -0.15) is 0 Å². The largest absolute Gasteiger partial charge is 0.462 e. The average Bonchev–Trinajstić information content (AvgIpc) is 3.47. The maximum absolute atomic E-state index is 12.9. The van der Waals surface area contributed by atoms with E-state index in [-0.39, 0.29) is 31.1 Å². The second-order valence-corrected chi connectivity index (χ2v) is 25.2. The molecule has 0 N–H and O–H groups in total. The Morgan fingerprint density at radius 2 is 0.444 bits per heavy atom. The Balaban J connectivity index is 4.04. The number of carbonyl (C=O) groups is 3. The van der Waals surface area contributed by atoms with Crippen LogP contribution in [0.3, 0.4) is 0 Å². The summed E-state index contributed by atoms with van der Waals surface area (Å²) in [5.74, 6) is -0.832. The highest BCUT2D eigenvalue weighted by Crippen LogP contribution is 2.19. The minimum Gasteiger partial charge on any atom is -0.462 e. The predicted octanol–water partition coefficient (Wildman–Crippen LogP) is 25.3. The Hall–Kier alpha value is -2.11. The molecule has 0 aliphatic carbocycles. The van der Waals surface area contributed by atoms with Crippen LogP contribution in [0.4, 0.5) is 0 Å². The Morgan fingerprint density at radius 1 is 0.247 bits per heavy atom. The smallest absolute Gasteiger partial charge is 0.306 e. The highest BCUT2D eigenvalue weighted by Gasteiger charge is 2.20. The van der Waals surface area contributed by atoms with Crippen molar-refractivity contribution in [2.45, 2.75) is 425 Å². The van der Waals surface area contributed by atoms with Gasteiger partial charge in [-0.15, -0.1) is 0 Å². The van der Waals surface area contributed by atoms with Crippen molar-refractivity contribution in [3.63, 3.8) is 0 Å². The summed E-state index contributed by atoms with van der Waals surface area (Å²) < 4.78 is 17.0. The van der Waals surface area contributed by atoms with Crippen LogP contribution in [0.2, 0.25) is 0 Å². The van der Waals surface area contributed by atoms with Crippen LogP contribution in [0.1, 0.15) is 419 Å². The van der Waals surface area contributed by atoms with Crippen LogP contribution in [0.25, 0.3) is 0 Å².